The molecule has 0 saturated carbocycles. The van der Waals surface area contributed by atoms with Gasteiger partial charge in [-0.15, -0.1) is 10.2 Å². The maximum Gasteiger partial charge on any atom is 0.416 e. The van der Waals surface area contributed by atoms with Gasteiger partial charge < -0.3 is 15.3 Å². The molecule has 1 saturated heterocycles. The number of alkyl halides is 3. The summed E-state index contributed by atoms with van der Waals surface area (Å²) in [5.41, 5.74) is 0.914. The number of halogens is 3. The predicted octanol–water partition coefficient (Wildman–Crippen LogP) is 3.30. The molecule has 160 valence electrons. The van der Waals surface area contributed by atoms with E-state index >= 15 is 0 Å². The van der Waals surface area contributed by atoms with Gasteiger partial charge in [0.15, 0.2) is 5.82 Å². The summed E-state index contributed by atoms with van der Waals surface area (Å²) in [6.45, 7) is 3.69. The van der Waals surface area contributed by atoms with Crippen molar-refractivity contribution < 1.29 is 23.1 Å². The fraction of sp³-hybridized carbons (Fsp3) is 0.450. The number of nitrogens with zero attached hydrogens (tertiary/aromatic N) is 4. The number of aromatic nitrogens is 2. The molecule has 1 fully saturated rings. The van der Waals surface area contributed by atoms with E-state index in [1.54, 1.807) is 11.8 Å². The number of amides is 2. The Kier molecular flexibility index (Phi) is 5.05. The molecule has 1 atom stereocenters. The molecule has 0 radical (unpaired) electrons. The monoisotopic (exact) mass is 421 g/mol. The van der Waals surface area contributed by atoms with E-state index in [9.17, 15) is 23.1 Å². The van der Waals surface area contributed by atoms with Crippen LogP contribution in [0.15, 0.2) is 18.2 Å². The molecule has 1 aromatic carbocycles. The Hall–Kier alpha value is -2.88. The van der Waals surface area contributed by atoms with Crippen LogP contribution in [0.2, 0.25) is 0 Å². The average molecular weight is 421 g/mol. The first kappa shape index (κ1) is 20.4. The number of rotatable bonds is 2. The van der Waals surface area contributed by atoms with Gasteiger partial charge in [-0.05, 0) is 57.1 Å². The first-order chi connectivity index (χ1) is 14.2. The van der Waals surface area contributed by atoms with Crippen LogP contribution in [-0.2, 0) is 12.7 Å². The molecule has 2 aliphatic heterocycles. The molecule has 4 rings (SSSR count). The number of carbonyl (C=O) groups is 1. The smallest absolute Gasteiger partial charge is 0.416 e. The second-order valence-electron chi connectivity index (χ2n) is 7.79. The van der Waals surface area contributed by atoms with Gasteiger partial charge in [0.05, 0.1) is 11.6 Å². The summed E-state index contributed by atoms with van der Waals surface area (Å²) >= 11 is 0. The highest BCUT2D eigenvalue weighted by Crippen LogP contribution is 2.39. The highest BCUT2D eigenvalue weighted by Gasteiger charge is 2.36. The van der Waals surface area contributed by atoms with Crippen molar-refractivity contribution in [2.24, 2.45) is 0 Å². The maximum atomic E-state index is 12.9. The first-order valence-corrected chi connectivity index (χ1v) is 9.69. The lowest BCUT2D eigenvalue weighted by molar-refractivity contribution is -0.137. The fourth-order valence-corrected chi connectivity index (χ4v) is 4.15. The van der Waals surface area contributed by atoms with Crippen molar-refractivity contribution in [2.45, 2.75) is 38.5 Å². The van der Waals surface area contributed by atoms with Crippen LogP contribution in [0.1, 0.15) is 29.5 Å². The second kappa shape index (κ2) is 7.42. The Morgan fingerprint density at radius 1 is 1.27 bits per heavy atom. The fourth-order valence-electron chi connectivity index (χ4n) is 4.15. The molecule has 2 N–H and O–H groups in total. The lowest BCUT2D eigenvalue weighted by Crippen LogP contribution is -2.55. The molecule has 0 aliphatic carbocycles. The van der Waals surface area contributed by atoms with Gasteiger partial charge in [0.2, 0.25) is 0 Å². The van der Waals surface area contributed by atoms with Gasteiger partial charge in [-0.1, -0.05) is 0 Å². The van der Waals surface area contributed by atoms with Crippen molar-refractivity contribution >= 4 is 11.8 Å². The highest BCUT2D eigenvalue weighted by molar-refractivity contribution is 5.95. The number of fused-ring (bicyclic) bond motifs is 1. The number of nitrogens with one attached hydrogen (secondary N) is 1. The lowest BCUT2D eigenvalue weighted by atomic mass is 9.98. The molecule has 1 unspecified atom stereocenters. The molecular weight excluding hydrogens is 399 g/mol. The van der Waals surface area contributed by atoms with E-state index in [0.29, 0.717) is 17.4 Å². The Bertz CT molecular complexity index is 995. The summed E-state index contributed by atoms with van der Waals surface area (Å²) < 4.78 is 38.7. The Morgan fingerprint density at radius 3 is 2.70 bits per heavy atom. The number of hydrogen-bond acceptors (Lipinski definition) is 5. The summed E-state index contributed by atoms with van der Waals surface area (Å²) in [7, 11) is 2.00. The largest absolute Gasteiger partial charge is 0.507 e. The summed E-state index contributed by atoms with van der Waals surface area (Å²) in [5, 5.41) is 21.5. The van der Waals surface area contributed by atoms with E-state index < -0.39 is 17.5 Å². The Morgan fingerprint density at radius 2 is 2.03 bits per heavy atom. The minimum absolute atomic E-state index is 0.0400. The van der Waals surface area contributed by atoms with Gasteiger partial charge in [-0.2, -0.15) is 13.2 Å². The molecule has 10 heteroatoms. The normalized spacial score (nSPS) is 20.1. The van der Waals surface area contributed by atoms with Gasteiger partial charge in [0, 0.05) is 24.2 Å². The molecule has 1 aromatic heterocycles. The van der Waals surface area contributed by atoms with Gasteiger partial charge in [0.1, 0.15) is 11.4 Å². The van der Waals surface area contributed by atoms with Gasteiger partial charge in [-0.3, -0.25) is 4.90 Å². The number of hydrogen-bond donors (Lipinski definition) is 2. The highest BCUT2D eigenvalue weighted by atomic mass is 19.4. The SMILES string of the molecule is Cc1c(-c2ccc(C(F)(F)F)cc2O)nnc2c1CNC(=O)N2C1CCCN(C)C1. The quantitative estimate of drug-likeness (QED) is 0.778. The summed E-state index contributed by atoms with van der Waals surface area (Å²) in [6, 6.07) is 2.50. The number of anilines is 1. The molecule has 3 heterocycles. The average Bonchev–Trinajstić information content (AvgIpc) is 2.68. The third-order valence-corrected chi connectivity index (χ3v) is 5.73. The van der Waals surface area contributed by atoms with Crippen LogP contribution < -0.4 is 10.2 Å². The number of carbonyl (C=O) groups excluding carboxylic acids is 1. The molecular formula is C20H22F3N5O2. The predicted molar refractivity (Wildman–Crippen MR) is 104 cm³/mol. The van der Waals surface area contributed by atoms with E-state index in [1.165, 1.54) is 6.07 Å². The van der Waals surface area contributed by atoms with Crippen LogP contribution in [0.5, 0.6) is 5.75 Å². The van der Waals surface area contributed by atoms with Crippen LogP contribution in [0.4, 0.5) is 23.8 Å². The third kappa shape index (κ3) is 3.55. The molecule has 30 heavy (non-hydrogen) atoms. The molecule has 0 spiro atoms. The number of likely N-dealkylation sites (N-methyl/N-ethyl adjacent to an activating group) is 1. The number of piperidine rings is 1. The molecule has 2 aliphatic rings. The lowest BCUT2D eigenvalue weighted by Gasteiger charge is -2.40. The minimum Gasteiger partial charge on any atom is -0.507 e. The van der Waals surface area contributed by atoms with Crippen LogP contribution in [-0.4, -0.2) is 52.4 Å². The van der Waals surface area contributed by atoms with Crippen LogP contribution in [0.3, 0.4) is 0 Å². The van der Waals surface area contributed by atoms with Gasteiger partial charge >= 0.3 is 12.2 Å². The number of phenols is 1. The molecule has 2 aromatic rings. The third-order valence-electron chi connectivity index (χ3n) is 5.73. The standard InChI is InChI=1S/C20H22F3N5O2/c1-11-15-9-24-19(30)28(13-4-3-7-27(2)10-13)18(15)26-25-17(11)14-6-5-12(8-16(14)29)20(21,22)23/h5-6,8,13,29H,3-4,7,9-10H2,1-2H3,(H,24,30). The Labute approximate surface area is 171 Å². The maximum absolute atomic E-state index is 12.9. The van der Waals surface area contributed by atoms with Gasteiger partial charge in [0.25, 0.3) is 0 Å². The second-order valence-corrected chi connectivity index (χ2v) is 7.79. The van der Waals surface area contributed by atoms with E-state index in [-0.39, 0.29) is 29.9 Å². The summed E-state index contributed by atoms with van der Waals surface area (Å²) in [6.07, 6.45) is -2.74. The van der Waals surface area contributed by atoms with Crippen LogP contribution >= 0.6 is 0 Å². The molecule has 2 amide bonds. The topological polar surface area (TPSA) is 81.6 Å². The van der Waals surface area contributed by atoms with E-state index in [4.69, 9.17) is 0 Å². The van der Waals surface area contributed by atoms with Crippen molar-refractivity contribution in [2.75, 3.05) is 25.0 Å². The van der Waals surface area contributed by atoms with E-state index in [2.05, 4.69) is 20.4 Å². The zero-order chi connectivity index (χ0) is 21.6. The number of urea groups is 1. The summed E-state index contributed by atoms with van der Waals surface area (Å²) in [4.78, 5) is 16.4. The van der Waals surface area contributed by atoms with Crippen molar-refractivity contribution in [1.29, 1.82) is 0 Å². The Balaban J connectivity index is 1.74. The van der Waals surface area contributed by atoms with E-state index in [1.807, 2.05) is 7.05 Å². The van der Waals surface area contributed by atoms with Crippen LogP contribution in [0.25, 0.3) is 11.3 Å². The number of likely N-dealkylation sites (tertiary alicyclic amines) is 1. The zero-order valence-electron chi connectivity index (χ0n) is 16.6. The minimum atomic E-state index is -4.55. The molecule has 7 nitrogen and oxygen atoms in total. The zero-order valence-corrected chi connectivity index (χ0v) is 16.6. The summed E-state index contributed by atoms with van der Waals surface area (Å²) in [5.74, 6) is -0.0560. The van der Waals surface area contributed by atoms with E-state index in [0.717, 1.165) is 37.6 Å². The number of phenolic OH excluding ortho intramolecular Hbond substituents is 1. The van der Waals surface area contributed by atoms with Crippen LogP contribution in [0, 0.1) is 6.92 Å². The van der Waals surface area contributed by atoms with Crippen molar-refractivity contribution in [3.8, 4) is 17.0 Å². The number of benzene rings is 1. The van der Waals surface area contributed by atoms with Crippen molar-refractivity contribution in [3.05, 3.63) is 34.9 Å². The van der Waals surface area contributed by atoms with Gasteiger partial charge in [-0.25, -0.2) is 4.79 Å². The number of aromatic hydroxyl groups is 1. The van der Waals surface area contributed by atoms with Crippen molar-refractivity contribution in [1.82, 2.24) is 20.4 Å². The molecule has 0 bridgehead atoms. The first-order valence-electron chi connectivity index (χ1n) is 9.69. The van der Waals surface area contributed by atoms with Crippen molar-refractivity contribution in [3.63, 3.8) is 0 Å².